The standard InChI is InChI=1S/C59H86N12O26/c1-22(2)13-35(77)96-48-32(20-74)95-57(47(86)43(48)82)97-49-33(21-75)94-56(46(85)44(49)83)92-26-11-9-24(10-12-26)14-27-51(88)69-37(39(78)28-15-63-58(60)67-28)54(91)70-38(40(79)30-16-64-59(61)71(30)55-45(84)42(81)41(80)31(19-73)93-55)53(90)66-29(18-72)50(87)62-17-34(76)68-36(52(89)65-27)23(3)25-7-5-4-6-8-25/h4-12,22-23,27-33,36-49,55-57,72-75,78-86H,13-21H2,1-3H3,(H2,61,64)(H,62,87)(H,65,89)(H,66,90)(H,68,76)(H,69,88)(H,70,91)(H3,60,63,67)/t23-,27+,28-,29-,30-,31+,32+,33+,36-,37+,38+,39-,40-,41+,42-,43+,44+,45-,46-,47-,48+,49+,55-,56-,57+/m0/s1. The number of nitrogens with one attached hydrogen (secondary N) is 7. The van der Waals surface area contributed by atoms with Crippen LogP contribution in [0.4, 0.5) is 0 Å². The molecule has 2 aromatic carbocycles. The van der Waals surface area contributed by atoms with Gasteiger partial charge in [0.05, 0.1) is 58.1 Å². The summed E-state index contributed by atoms with van der Waals surface area (Å²) < 4.78 is 34.1. The van der Waals surface area contributed by atoms with Gasteiger partial charge in [-0.25, -0.2) is 0 Å². The van der Waals surface area contributed by atoms with Crippen LogP contribution in [0, 0.1) is 5.92 Å². The Morgan fingerprint density at radius 2 is 1.19 bits per heavy atom. The number of carbonyl (C=O) groups excluding carboxylic acids is 7. The van der Waals surface area contributed by atoms with E-state index in [0.29, 0.717) is 5.56 Å². The fourth-order valence-electron chi connectivity index (χ4n) is 11.9. The summed E-state index contributed by atoms with van der Waals surface area (Å²) in [7, 11) is 0. The monoisotopic (exact) mass is 1380 g/mol. The number of rotatable bonds is 20. The number of benzene rings is 2. The Morgan fingerprint density at radius 3 is 1.81 bits per heavy atom. The lowest BCUT2D eigenvalue weighted by Gasteiger charge is -2.46. The Morgan fingerprint density at radius 1 is 0.598 bits per heavy atom. The van der Waals surface area contributed by atoms with Crippen molar-refractivity contribution < 1.29 is 128 Å². The predicted molar refractivity (Wildman–Crippen MR) is 326 cm³/mol. The Balaban J connectivity index is 1.08. The minimum atomic E-state index is -2.35. The second-order valence-electron chi connectivity index (χ2n) is 24.6. The van der Waals surface area contributed by atoms with Crippen LogP contribution in [-0.4, -0.2) is 317 Å². The molecule has 0 saturated carbocycles. The summed E-state index contributed by atoms with van der Waals surface area (Å²) in [6.45, 7) is -0.556. The van der Waals surface area contributed by atoms with E-state index in [2.05, 4.69) is 47.2 Å². The van der Waals surface area contributed by atoms with Gasteiger partial charge in [0.25, 0.3) is 0 Å². The number of guanidine groups is 2. The van der Waals surface area contributed by atoms with Crippen molar-refractivity contribution in [1.29, 1.82) is 0 Å². The maximum Gasteiger partial charge on any atom is 0.306 e. The fraction of sp³-hybridized carbons (Fsp3) is 0.644. The van der Waals surface area contributed by atoms with Crippen LogP contribution in [0.2, 0.25) is 0 Å². The van der Waals surface area contributed by atoms with Crippen LogP contribution in [0.25, 0.3) is 0 Å². The van der Waals surface area contributed by atoms with E-state index in [0.717, 1.165) is 4.90 Å². The Hall–Kier alpha value is -7.61. The Kier molecular flexibility index (Phi) is 25.8. The van der Waals surface area contributed by atoms with Crippen molar-refractivity contribution in [3.8, 4) is 5.75 Å². The SMILES string of the molecule is CC(C)CC(=O)O[C@H]1[C@H](O)[C@H](O)[C@@H](O[C@H]2[C@H](O)[C@H](O)[C@@H](Oc3ccc(C[C@H]4NC(=O)[C@H]([C@@H](C)c5ccccc5)NC(=O)CNC(=O)[C@H](CO)NC(=O)[C@@H]([C@@H](O)[C@@H]5CN=C(N)N5[C@H]5O[C@H](CO)[C@@H](O)[C@H](O)[C@@H]5O)NC(=O)[C@@H]([C@@H](O)[C@@H]5CN=C(N)N5)NC4=O)cc3)O[C@@H]2CO)O[C@@H]1CO. The van der Waals surface area contributed by atoms with E-state index < -0.39 is 246 Å². The number of amides is 6. The van der Waals surface area contributed by atoms with Gasteiger partial charge in [0.1, 0.15) is 115 Å². The molecule has 0 aromatic heterocycles. The zero-order valence-corrected chi connectivity index (χ0v) is 52.7. The molecule has 4 saturated heterocycles. The minimum Gasteiger partial charge on any atom is -0.462 e. The molecule has 24 N–H and O–H groups in total. The second kappa shape index (κ2) is 33.3. The number of aliphatic hydroxyl groups is 13. The smallest absolute Gasteiger partial charge is 0.306 e. The summed E-state index contributed by atoms with van der Waals surface area (Å²) in [4.78, 5) is 109. The average molecular weight is 1380 g/mol. The first-order valence-corrected chi connectivity index (χ1v) is 31.2. The Labute approximate surface area is 553 Å². The Bertz CT molecular complexity index is 3100. The predicted octanol–water partition coefficient (Wildman–Crippen LogP) is -12.0. The highest BCUT2D eigenvalue weighted by atomic mass is 16.7. The molecule has 538 valence electrons. The first-order valence-electron chi connectivity index (χ1n) is 31.2. The number of aliphatic hydroxyl groups excluding tert-OH is 13. The maximum absolute atomic E-state index is 15.2. The molecule has 0 radical (unpaired) electrons. The summed E-state index contributed by atoms with van der Waals surface area (Å²) in [5, 5.41) is 160. The number of hydrogen-bond donors (Lipinski definition) is 22. The first-order chi connectivity index (χ1) is 46.1. The third kappa shape index (κ3) is 17.6. The largest absolute Gasteiger partial charge is 0.462 e. The van der Waals surface area contributed by atoms with E-state index in [1.807, 2.05) is 0 Å². The van der Waals surface area contributed by atoms with Gasteiger partial charge in [-0.05, 0) is 29.2 Å². The van der Waals surface area contributed by atoms with Crippen LogP contribution in [0.5, 0.6) is 5.75 Å². The van der Waals surface area contributed by atoms with Gasteiger partial charge in [0, 0.05) is 18.8 Å². The van der Waals surface area contributed by atoms with Gasteiger partial charge in [-0.15, -0.1) is 0 Å². The van der Waals surface area contributed by atoms with Crippen LogP contribution in [-0.2, 0) is 63.7 Å². The van der Waals surface area contributed by atoms with E-state index in [1.165, 1.54) is 24.3 Å². The number of esters is 1. The van der Waals surface area contributed by atoms with Gasteiger partial charge >= 0.3 is 5.97 Å². The molecule has 0 spiro atoms. The van der Waals surface area contributed by atoms with E-state index >= 15 is 9.59 Å². The molecule has 25 atom stereocenters. The molecule has 38 nitrogen and oxygen atoms in total. The lowest BCUT2D eigenvalue weighted by molar-refractivity contribution is -0.353. The summed E-state index contributed by atoms with van der Waals surface area (Å²) in [5.41, 5.74) is 12.8. The maximum atomic E-state index is 15.2. The highest BCUT2D eigenvalue weighted by Crippen LogP contribution is 2.33. The van der Waals surface area contributed by atoms with E-state index in [4.69, 9.17) is 39.9 Å². The third-order valence-electron chi connectivity index (χ3n) is 17.3. The summed E-state index contributed by atoms with van der Waals surface area (Å²) >= 11 is 0. The van der Waals surface area contributed by atoms with Crippen LogP contribution < -0.4 is 53.4 Å². The van der Waals surface area contributed by atoms with Crippen molar-refractivity contribution in [2.45, 2.75) is 186 Å². The second-order valence-corrected chi connectivity index (χ2v) is 24.6. The van der Waals surface area contributed by atoms with Gasteiger partial charge < -0.3 is 148 Å². The van der Waals surface area contributed by atoms with Crippen molar-refractivity contribution >= 4 is 53.3 Å². The van der Waals surface area contributed by atoms with E-state index in [1.54, 1.807) is 51.1 Å². The molecule has 0 bridgehead atoms. The van der Waals surface area contributed by atoms with Gasteiger partial charge in [0.15, 0.2) is 30.5 Å². The summed E-state index contributed by atoms with van der Waals surface area (Å²) in [5.74, 6) is -9.95. The van der Waals surface area contributed by atoms with E-state index in [9.17, 15) is 90.4 Å². The number of ether oxygens (including phenoxy) is 6. The number of carbonyl (C=O) groups is 7. The molecule has 38 heteroatoms. The van der Waals surface area contributed by atoms with Crippen LogP contribution in [0.3, 0.4) is 0 Å². The van der Waals surface area contributed by atoms with Crippen LogP contribution in [0.15, 0.2) is 64.6 Å². The molecule has 8 rings (SSSR count). The number of aliphatic imine (C=N–C) groups is 2. The van der Waals surface area contributed by atoms with Crippen LogP contribution in [0.1, 0.15) is 44.2 Å². The minimum absolute atomic E-state index is 0.0604. The van der Waals surface area contributed by atoms with Crippen molar-refractivity contribution in [2.24, 2.45) is 27.4 Å². The van der Waals surface area contributed by atoms with Crippen LogP contribution >= 0.6 is 0 Å². The molecule has 4 fully saturated rings. The van der Waals surface area contributed by atoms with E-state index in [-0.39, 0.29) is 36.2 Å². The highest BCUT2D eigenvalue weighted by molar-refractivity contribution is 5.98. The van der Waals surface area contributed by atoms with Crippen molar-refractivity contribution in [2.75, 3.05) is 46.1 Å². The summed E-state index contributed by atoms with van der Waals surface area (Å²) in [6, 6.07) is 0.741. The number of nitrogens with two attached hydrogens (primary N) is 2. The van der Waals surface area contributed by atoms with Crippen molar-refractivity contribution in [1.82, 2.24) is 42.1 Å². The summed E-state index contributed by atoms with van der Waals surface area (Å²) in [6.07, 6.45) is -31.9. The molecule has 6 heterocycles. The quantitative estimate of drug-likeness (QED) is 0.0547. The van der Waals surface area contributed by atoms with Gasteiger partial charge in [-0.3, -0.25) is 43.5 Å². The molecular formula is C59H86N12O26. The number of nitrogens with zero attached hydrogens (tertiary/aromatic N) is 3. The van der Waals surface area contributed by atoms with Gasteiger partial charge in [0.2, 0.25) is 41.7 Å². The van der Waals surface area contributed by atoms with Gasteiger partial charge in [-0.2, -0.15) is 0 Å². The number of hydrogen-bond acceptors (Lipinski definition) is 32. The van der Waals surface area contributed by atoms with Crippen molar-refractivity contribution in [3.05, 3.63) is 65.7 Å². The first kappa shape index (κ1) is 75.2. The fourth-order valence-corrected chi connectivity index (χ4v) is 11.9. The normalized spacial score (nSPS) is 35.9. The molecule has 2 aromatic rings. The molecular weight excluding hydrogens is 1290 g/mol. The lowest BCUT2D eigenvalue weighted by atomic mass is 9.92. The topological polar surface area (TPSA) is 602 Å². The zero-order chi connectivity index (χ0) is 70.9. The molecule has 0 unspecified atom stereocenters. The molecule has 0 aliphatic carbocycles. The lowest BCUT2D eigenvalue weighted by Crippen LogP contribution is -2.70. The van der Waals surface area contributed by atoms with Gasteiger partial charge in [-0.1, -0.05) is 63.2 Å². The molecule has 6 aliphatic heterocycles. The molecule has 6 aliphatic rings. The third-order valence-corrected chi connectivity index (χ3v) is 17.3. The highest BCUT2D eigenvalue weighted by Gasteiger charge is 2.55. The van der Waals surface area contributed by atoms with Crippen molar-refractivity contribution in [3.63, 3.8) is 0 Å². The molecule has 97 heavy (non-hydrogen) atoms. The zero-order valence-electron chi connectivity index (χ0n) is 52.7. The average Bonchev–Trinajstić information content (AvgIpc) is 1.74. The molecule has 6 amide bonds.